The third kappa shape index (κ3) is 3.28. The van der Waals surface area contributed by atoms with E-state index in [1.54, 1.807) is 0 Å². The molecule has 1 rings (SSSR count). The molecular formula is C11H24N2. The first kappa shape index (κ1) is 11.0. The SMILES string of the molecule is CC1CNC(C)CN(C(C)(C)C)C1. The molecule has 0 amide bonds. The Bertz CT molecular complexity index is 148. The Morgan fingerprint density at radius 2 is 1.77 bits per heavy atom. The summed E-state index contributed by atoms with van der Waals surface area (Å²) in [7, 11) is 0. The molecule has 1 aliphatic heterocycles. The standard InChI is InChI=1S/C11H24N2/c1-9-6-12-10(2)8-13(7-9)11(3,4)5/h9-10,12H,6-8H2,1-5H3. The molecular weight excluding hydrogens is 160 g/mol. The predicted octanol–water partition coefficient (Wildman–Crippen LogP) is 1.71. The van der Waals surface area contributed by atoms with Gasteiger partial charge in [0.1, 0.15) is 0 Å². The van der Waals surface area contributed by atoms with Crippen LogP contribution in [0.1, 0.15) is 34.6 Å². The molecule has 0 aromatic heterocycles. The second-order valence-electron chi connectivity index (χ2n) is 5.49. The summed E-state index contributed by atoms with van der Waals surface area (Å²) in [5.74, 6) is 0.768. The van der Waals surface area contributed by atoms with E-state index >= 15 is 0 Å². The van der Waals surface area contributed by atoms with E-state index in [9.17, 15) is 0 Å². The maximum absolute atomic E-state index is 3.55. The summed E-state index contributed by atoms with van der Waals surface area (Å²) >= 11 is 0. The molecule has 2 nitrogen and oxygen atoms in total. The van der Waals surface area contributed by atoms with E-state index in [1.165, 1.54) is 13.1 Å². The first-order chi connectivity index (χ1) is 5.89. The van der Waals surface area contributed by atoms with Crippen LogP contribution < -0.4 is 5.32 Å². The van der Waals surface area contributed by atoms with Crippen LogP contribution >= 0.6 is 0 Å². The number of hydrogen-bond donors (Lipinski definition) is 1. The monoisotopic (exact) mass is 184 g/mol. The number of nitrogens with one attached hydrogen (secondary N) is 1. The van der Waals surface area contributed by atoms with Gasteiger partial charge < -0.3 is 5.32 Å². The average Bonchev–Trinajstić information content (AvgIpc) is 2.12. The third-order valence-electron chi connectivity index (χ3n) is 2.79. The molecule has 1 N–H and O–H groups in total. The molecule has 2 heteroatoms. The Morgan fingerprint density at radius 3 is 2.31 bits per heavy atom. The summed E-state index contributed by atoms with van der Waals surface area (Å²) in [5, 5.41) is 3.55. The molecule has 1 aliphatic rings. The predicted molar refractivity (Wildman–Crippen MR) is 58.0 cm³/mol. The minimum atomic E-state index is 0.314. The molecule has 0 radical (unpaired) electrons. The van der Waals surface area contributed by atoms with E-state index in [0.29, 0.717) is 11.6 Å². The molecule has 1 heterocycles. The first-order valence-corrected chi connectivity index (χ1v) is 5.38. The zero-order chi connectivity index (χ0) is 10.1. The normalized spacial score (nSPS) is 33.0. The molecule has 13 heavy (non-hydrogen) atoms. The highest BCUT2D eigenvalue weighted by Crippen LogP contribution is 2.17. The van der Waals surface area contributed by atoms with Gasteiger partial charge in [0.05, 0.1) is 0 Å². The molecule has 0 spiro atoms. The van der Waals surface area contributed by atoms with Crippen molar-refractivity contribution in [2.24, 2.45) is 5.92 Å². The van der Waals surface area contributed by atoms with E-state index in [0.717, 1.165) is 12.5 Å². The fourth-order valence-electron chi connectivity index (χ4n) is 1.86. The van der Waals surface area contributed by atoms with Crippen molar-refractivity contribution in [1.82, 2.24) is 10.2 Å². The zero-order valence-corrected chi connectivity index (χ0v) is 9.72. The van der Waals surface area contributed by atoms with Crippen molar-refractivity contribution in [3.63, 3.8) is 0 Å². The Balaban J connectivity index is 2.62. The molecule has 78 valence electrons. The number of rotatable bonds is 0. The van der Waals surface area contributed by atoms with E-state index in [1.807, 2.05) is 0 Å². The summed E-state index contributed by atoms with van der Waals surface area (Å²) in [6.45, 7) is 15.1. The maximum Gasteiger partial charge on any atom is 0.0167 e. The Morgan fingerprint density at radius 1 is 1.15 bits per heavy atom. The van der Waals surface area contributed by atoms with Gasteiger partial charge in [-0.05, 0) is 40.2 Å². The van der Waals surface area contributed by atoms with Gasteiger partial charge in [-0.3, -0.25) is 4.90 Å². The molecule has 2 unspecified atom stereocenters. The van der Waals surface area contributed by atoms with E-state index in [2.05, 4.69) is 44.8 Å². The van der Waals surface area contributed by atoms with Gasteiger partial charge in [0.15, 0.2) is 0 Å². The van der Waals surface area contributed by atoms with Crippen LogP contribution in [0.2, 0.25) is 0 Å². The third-order valence-corrected chi connectivity index (χ3v) is 2.79. The highest BCUT2D eigenvalue weighted by atomic mass is 15.2. The van der Waals surface area contributed by atoms with E-state index in [-0.39, 0.29) is 0 Å². The lowest BCUT2D eigenvalue weighted by Gasteiger charge is -2.36. The first-order valence-electron chi connectivity index (χ1n) is 5.38. The van der Waals surface area contributed by atoms with Gasteiger partial charge in [-0.25, -0.2) is 0 Å². The minimum Gasteiger partial charge on any atom is -0.313 e. The summed E-state index contributed by atoms with van der Waals surface area (Å²) < 4.78 is 0. The van der Waals surface area contributed by atoms with Crippen LogP contribution in [0.15, 0.2) is 0 Å². The van der Waals surface area contributed by atoms with Gasteiger partial charge >= 0.3 is 0 Å². The lowest BCUT2D eigenvalue weighted by molar-refractivity contribution is 0.124. The molecule has 1 saturated heterocycles. The molecule has 0 aromatic rings. The Kier molecular flexibility index (Phi) is 3.36. The fourth-order valence-corrected chi connectivity index (χ4v) is 1.86. The van der Waals surface area contributed by atoms with Crippen molar-refractivity contribution in [2.75, 3.05) is 19.6 Å². The van der Waals surface area contributed by atoms with Crippen molar-refractivity contribution < 1.29 is 0 Å². The van der Waals surface area contributed by atoms with Gasteiger partial charge in [0.2, 0.25) is 0 Å². The van der Waals surface area contributed by atoms with Crippen LogP contribution in [0.5, 0.6) is 0 Å². The van der Waals surface area contributed by atoms with Gasteiger partial charge in [-0.1, -0.05) is 6.92 Å². The van der Waals surface area contributed by atoms with Crippen molar-refractivity contribution in [1.29, 1.82) is 0 Å². The van der Waals surface area contributed by atoms with Crippen LogP contribution in [0.3, 0.4) is 0 Å². The fraction of sp³-hybridized carbons (Fsp3) is 1.00. The maximum atomic E-state index is 3.55. The van der Waals surface area contributed by atoms with Crippen molar-refractivity contribution >= 4 is 0 Å². The highest BCUT2D eigenvalue weighted by Gasteiger charge is 2.26. The zero-order valence-electron chi connectivity index (χ0n) is 9.72. The molecule has 2 atom stereocenters. The van der Waals surface area contributed by atoms with Gasteiger partial charge in [-0.15, -0.1) is 0 Å². The van der Waals surface area contributed by atoms with Crippen LogP contribution in [-0.2, 0) is 0 Å². The topological polar surface area (TPSA) is 15.3 Å². The van der Waals surface area contributed by atoms with Crippen LogP contribution in [0.4, 0.5) is 0 Å². The molecule has 1 fully saturated rings. The second-order valence-corrected chi connectivity index (χ2v) is 5.49. The molecule has 0 aromatic carbocycles. The average molecular weight is 184 g/mol. The van der Waals surface area contributed by atoms with Gasteiger partial charge in [0.25, 0.3) is 0 Å². The van der Waals surface area contributed by atoms with Gasteiger partial charge in [0, 0.05) is 24.7 Å². The van der Waals surface area contributed by atoms with Crippen molar-refractivity contribution in [3.8, 4) is 0 Å². The lowest BCUT2D eigenvalue weighted by atomic mass is 10.0. The van der Waals surface area contributed by atoms with Crippen LogP contribution in [0, 0.1) is 5.92 Å². The molecule has 0 aliphatic carbocycles. The summed E-state index contributed by atoms with van der Waals surface area (Å²) in [6, 6.07) is 0.629. The van der Waals surface area contributed by atoms with Crippen molar-refractivity contribution in [2.45, 2.75) is 46.2 Å². The smallest absolute Gasteiger partial charge is 0.0167 e. The highest BCUT2D eigenvalue weighted by molar-refractivity contribution is 4.84. The Labute approximate surface area is 82.7 Å². The largest absolute Gasteiger partial charge is 0.313 e. The summed E-state index contributed by atoms with van der Waals surface area (Å²) in [6.07, 6.45) is 0. The number of nitrogens with zero attached hydrogens (tertiary/aromatic N) is 1. The summed E-state index contributed by atoms with van der Waals surface area (Å²) in [5.41, 5.74) is 0.314. The van der Waals surface area contributed by atoms with Crippen LogP contribution in [-0.4, -0.2) is 36.1 Å². The molecule has 0 saturated carbocycles. The quantitative estimate of drug-likeness (QED) is 0.616. The minimum absolute atomic E-state index is 0.314. The second kappa shape index (κ2) is 3.97. The number of hydrogen-bond acceptors (Lipinski definition) is 2. The van der Waals surface area contributed by atoms with E-state index in [4.69, 9.17) is 0 Å². The van der Waals surface area contributed by atoms with Gasteiger partial charge in [-0.2, -0.15) is 0 Å². The van der Waals surface area contributed by atoms with Crippen molar-refractivity contribution in [3.05, 3.63) is 0 Å². The Hall–Kier alpha value is -0.0800. The van der Waals surface area contributed by atoms with E-state index < -0.39 is 0 Å². The summed E-state index contributed by atoms with van der Waals surface area (Å²) in [4.78, 5) is 2.59. The lowest BCUT2D eigenvalue weighted by Crippen LogP contribution is -2.46. The molecule has 0 bridgehead atoms. The van der Waals surface area contributed by atoms with Crippen LogP contribution in [0.25, 0.3) is 0 Å².